The molecule has 0 amide bonds. The quantitative estimate of drug-likeness (QED) is 0.463. The Morgan fingerprint density at radius 2 is 0.720 bits per heavy atom. The van der Waals surface area contributed by atoms with E-state index in [2.05, 4.69) is 0 Å². The highest BCUT2D eigenvalue weighted by atomic mass is 19.4. The summed E-state index contributed by atoms with van der Waals surface area (Å²) in [4.78, 5) is 9.87. The van der Waals surface area contributed by atoms with Crippen molar-refractivity contribution in [3.05, 3.63) is 0 Å². The molecule has 1 atom stereocenters. The highest BCUT2D eigenvalue weighted by Gasteiger charge is 2.95. The van der Waals surface area contributed by atoms with E-state index >= 15 is 0 Å². The zero-order valence-electron chi connectivity index (χ0n) is 10.5. The van der Waals surface area contributed by atoms with E-state index in [-0.39, 0.29) is 0 Å². The fourth-order valence-electron chi connectivity index (χ4n) is 1.23. The average molecular weight is 416 g/mol. The summed E-state index contributed by atoms with van der Waals surface area (Å²) in [6.45, 7) is 0. The predicted molar refractivity (Wildman–Crippen MR) is 41.9 cm³/mol. The number of hydrogen-bond acceptors (Lipinski definition) is 1. The predicted octanol–water partition coefficient (Wildman–Crippen LogP) is 4.86. The summed E-state index contributed by atoms with van der Waals surface area (Å²) in [5.41, 5.74) is -8.14. The molecule has 0 heterocycles. The van der Waals surface area contributed by atoms with Gasteiger partial charge in [-0.05, 0) is 0 Å². The van der Waals surface area contributed by atoms with E-state index in [0.29, 0.717) is 0 Å². The van der Waals surface area contributed by atoms with E-state index < -0.39 is 47.7 Å². The van der Waals surface area contributed by atoms with Gasteiger partial charge in [-0.2, -0.15) is 65.9 Å². The van der Waals surface area contributed by atoms with Crippen molar-refractivity contribution in [2.45, 2.75) is 41.7 Å². The van der Waals surface area contributed by atoms with Crippen LogP contribution in [0.4, 0.5) is 70.2 Å². The third-order valence-electron chi connectivity index (χ3n) is 2.64. The minimum absolute atomic E-state index is 5.27. The van der Waals surface area contributed by atoms with Crippen molar-refractivity contribution in [2.24, 2.45) is 0 Å². The first kappa shape index (κ1) is 23.5. The van der Waals surface area contributed by atoms with Gasteiger partial charge in [0.1, 0.15) is 0 Å². The van der Waals surface area contributed by atoms with Crippen LogP contribution in [0.3, 0.4) is 0 Å². The van der Waals surface area contributed by atoms with Crippen LogP contribution in [-0.4, -0.2) is 47.7 Å². The van der Waals surface area contributed by atoms with Crippen LogP contribution in [0.25, 0.3) is 0 Å². The minimum atomic E-state index is -8.51. The Morgan fingerprint density at radius 1 is 0.440 bits per heavy atom. The standard InChI is InChI=1S/C8F16O/c9-1(25)2(10,4(13,14)7(19,20)21)3(11,12)5(15,16)6(17,18)8(22,23)24. The second kappa shape index (κ2) is 5.52. The van der Waals surface area contributed by atoms with Gasteiger partial charge >= 0.3 is 47.7 Å². The summed E-state index contributed by atoms with van der Waals surface area (Å²) in [7, 11) is 0. The zero-order valence-corrected chi connectivity index (χ0v) is 10.5. The number of carbonyl (C=O) groups excluding carboxylic acids is 1. The zero-order chi connectivity index (χ0) is 21.1. The van der Waals surface area contributed by atoms with Gasteiger partial charge in [-0.1, -0.05) is 0 Å². The van der Waals surface area contributed by atoms with Crippen molar-refractivity contribution in [2.75, 3.05) is 0 Å². The molecule has 0 saturated carbocycles. The van der Waals surface area contributed by atoms with Gasteiger partial charge in [-0.15, -0.1) is 0 Å². The molecular formula is C8F16O. The molecule has 17 heteroatoms. The summed E-state index contributed by atoms with van der Waals surface area (Å²) in [5.74, 6) is -33.2. The molecule has 0 rings (SSSR count). The molecule has 0 saturated heterocycles. The fourth-order valence-corrected chi connectivity index (χ4v) is 1.23. The Balaban J connectivity index is 6.85. The number of halogens is 16. The SMILES string of the molecule is O=C(F)C(F)(C(F)(F)C(F)(F)F)C(F)(F)C(F)(F)C(F)(F)C(F)(F)F. The maximum Gasteiger partial charge on any atom is 0.460 e. The van der Waals surface area contributed by atoms with E-state index in [1.165, 1.54) is 0 Å². The first-order chi connectivity index (χ1) is 10.4. The average Bonchev–Trinajstić information content (AvgIpc) is 2.33. The molecule has 0 spiro atoms. The Labute approximate surface area is 124 Å². The summed E-state index contributed by atoms with van der Waals surface area (Å²) >= 11 is 0. The molecule has 0 aromatic heterocycles. The summed E-state index contributed by atoms with van der Waals surface area (Å²) < 4.78 is 198. The molecule has 0 fully saturated rings. The highest BCUT2D eigenvalue weighted by molar-refractivity contribution is 5.82. The molecule has 25 heavy (non-hydrogen) atoms. The fraction of sp³-hybridized carbons (Fsp3) is 0.875. The highest BCUT2D eigenvalue weighted by Crippen LogP contribution is 2.62. The monoisotopic (exact) mass is 416 g/mol. The first-order valence-electron chi connectivity index (χ1n) is 4.98. The van der Waals surface area contributed by atoms with Crippen molar-refractivity contribution in [3.8, 4) is 0 Å². The lowest BCUT2D eigenvalue weighted by atomic mass is 9.83. The second-order valence-corrected chi connectivity index (χ2v) is 4.23. The van der Waals surface area contributed by atoms with Crippen molar-refractivity contribution in [1.82, 2.24) is 0 Å². The van der Waals surface area contributed by atoms with Crippen LogP contribution in [0.15, 0.2) is 0 Å². The number of rotatable bonds is 5. The molecule has 1 nitrogen and oxygen atoms in total. The molecule has 0 aromatic carbocycles. The first-order valence-corrected chi connectivity index (χ1v) is 4.98. The number of hydrogen-bond donors (Lipinski definition) is 0. The maximum absolute atomic E-state index is 13.3. The Hall–Kier alpha value is -1.45. The van der Waals surface area contributed by atoms with Crippen molar-refractivity contribution >= 4 is 6.04 Å². The number of carbonyl (C=O) groups is 1. The van der Waals surface area contributed by atoms with E-state index in [0.717, 1.165) is 0 Å². The van der Waals surface area contributed by atoms with Crippen LogP contribution in [0.1, 0.15) is 0 Å². The van der Waals surface area contributed by atoms with Crippen molar-refractivity contribution < 1.29 is 75.0 Å². The van der Waals surface area contributed by atoms with Crippen molar-refractivity contribution in [1.29, 1.82) is 0 Å². The van der Waals surface area contributed by atoms with Gasteiger partial charge in [0, 0.05) is 0 Å². The van der Waals surface area contributed by atoms with Gasteiger partial charge in [0.2, 0.25) is 0 Å². The normalized spacial score (nSPS) is 18.1. The Morgan fingerprint density at radius 3 is 0.920 bits per heavy atom. The molecule has 150 valence electrons. The molecular weight excluding hydrogens is 416 g/mol. The van der Waals surface area contributed by atoms with Gasteiger partial charge < -0.3 is 0 Å². The summed E-state index contributed by atoms with van der Waals surface area (Å²) in [5, 5.41) is 0. The van der Waals surface area contributed by atoms with Gasteiger partial charge in [0.25, 0.3) is 0 Å². The van der Waals surface area contributed by atoms with Crippen LogP contribution in [0.5, 0.6) is 0 Å². The molecule has 0 aliphatic heterocycles. The number of alkyl halides is 15. The van der Waals surface area contributed by atoms with Crippen LogP contribution in [0, 0.1) is 0 Å². The molecule has 0 bridgehead atoms. The maximum atomic E-state index is 13.3. The van der Waals surface area contributed by atoms with E-state index in [1.54, 1.807) is 0 Å². The van der Waals surface area contributed by atoms with E-state index in [1.807, 2.05) is 0 Å². The lowest BCUT2D eigenvalue weighted by Gasteiger charge is -2.41. The Bertz CT molecular complexity index is 525. The lowest BCUT2D eigenvalue weighted by Crippen LogP contribution is -2.75. The lowest BCUT2D eigenvalue weighted by molar-refractivity contribution is -0.433. The summed E-state index contributed by atoms with van der Waals surface area (Å²) in [6.07, 6.45) is -15.5. The smallest absolute Gasteiger partial charge is 0.257 e. The van der Waals surface area contributed by atoms with Crippen LogP contribution in [-0.2, 0) is 4.79 Å². The molecule has 0 N–H and O–H groups in total. The van der Waals surface area contributed by atoms with Gasteiger partial charge in [0.15, 0.2) is 0 Å². The summed E-state index contributed by atoms with van der Waals surface area (Å²) in [6, 6.07) is -5.27. The largest absolute Gasteiger partial charge is 0.460 e. The van der Waals surface area contributed by atoms with Gasteiger partial charge in [-0.3, -0.25) is 4.79 Å². The van der Waals surface area contributed by atoms with Crippen LogP contribution in [0.2, 0.25) is 0 Å². The Kier molecular flexibility index (Phi) is 5.20. The van der Waals surface area contributed by atoms with Crippen LogP contribution < -0.4 is 0 Å². The van der Waals surface area contributed by atoms with Gasteiger partial charge in [-0.25, -0.2) is 4.39 Å². The van der Waals surface area contributed by atoms with Crippen molar-refractivity contribution in [3.63, 3.8) is 0 Å². The minimum Gasteiger partial charge on any atom is -0.257 e. The molecule has 0 aliphatic carbocycles. The third-order valence-corrected chi connectivity index (χ3v) is 2.64. The molecule has 0 aromatic rings. The van der Waals surface area contributed by atoms with Gasteiger partial charge in [0.05, 0.1) is 0 Å². The topological polar surface area (TPSA) is 17.1 Å². The van der Waals surface area contributed by atoms with Crippen LogP contribution >= 0.6 is 0 Å². The second-order valence-electron chi connectivity index (χ2n) is 4.23. The molecule has 0 aliphatic rings. The van der Waals surface area contributed by atoms with E-state index in [9.17, 15) is 75.0 Å². The molecule has 1 unspecified atom stereocenters. The molecule has 0 radical (unpaired) electrons. The van der Waals surface area contributed by atoms with E-state index in [4.69, 9.17) is 0 Å². The third kappa shape index (κ3) is 2.78.